The van der Waals surface area contributed by atoms with Gasteiger partial charge in [0.2, 0.25) is 0 Å². The maximum Gasteiger partial charge on any atom is 0.319 e. The number of para-hydroxylation sites is 1. The summed E-state index contributed by atoms with van der Waals surface area (Å²) in [6.07, 6.45) is -0.594. The van der Waals surface area contributed by atoms with Gasteiger partial charge in [0.25, 0.3) is 0 Å². The zero-order chi connectivity index (χ0) is 11.3. The highest BCUT2D eigenvalue weighted by molar-refractivity contribution is 5.90. The van der Waals surface area contributed by atoms with Gasteiger partial charge in [0.1, 0.15) is 0 Å². The van der Waals surface area contributed by atoms with Gasteiger partial charge in [0, 0.05) is 17.8 Å². The molecule has 0 aliphatic heterocycles. The predicted octanol–water partition coefficient (Wildman–Crippen LogP) is 1.88. The molecule has 4 heteroatoms. The topological polar surface area (TPSA) is 61.4 Å². The quantitative estimate of drug-likeness (QED) is 0.710. The number of aliphatic hydroxyl groups is 1. The van der Waals surface area contributed by atoms with E-state index in [4.69, 9.17) is 0 Å². The molecule has 2 amide bonds. The Labute approximate surface area is 89.3 Å². The van der Waals surface area contributed by atoms with Gasteiger partial charge in [-0.05, 0) is 19.9 Å². The molecule has 0 fully saturated rings. The summed E-state index contributed by atoms with van der Waals surface area (Å²) in [6.45, 7) is 4.08. The number of aliphatic hydroxyl groups excluding tert-OH is 1. The van der Waals surface area contributed by atoms with Crippen molar-refractivity contribution in [3.05, 3.63) is 29.8 Å². The fraction of sp³-hybridized carbons (Fsp3) is 0.364. The molecular weight excluding hydrogens is 192 g/mol. The molecule has 0 heterocycles. The third-order valence-electron chi connectivity index (χ3n) is 2.00. The molecule has 15 heavy (non-hydrogen) atoms. The summed E-state index contributed by atoms with van der Waals surface area (Å²) < 4.78 is 0. The second-order valence-electron chi connectivity index (χ2n) is 3.25. The van der Waals surface area contributed by atoms with Crippen LogP contribution in [0, 0.1) is 0 Å². The SMILES string of the molecule is CCNC(=O)Nc1ccccc1C(C)O. The molecule has 82 valence electrons. The maximum absolute atomic E-state index is 11.3. The van der Waals surface area contributed by atoms with Crippen molar-refractivity contribution in [1.29, 1.82) is 0 Å². The summed E-state index contributed by atoms with van der Waals surface area (Å²) in [5.74, 6) is 0. The van der Waals surface area contributed by atoms with E-state index in [1.807, 2.05) is 19.1 Å². The molecule has 0 radical (unpaired) electrons. The molecule has 0 aliphatic carbocycles. The van der Waals surface area contributed by atoms with E-state index >= 15 is 0 Å². The largest absolute Gasteiger partial charge is 0.389 e. The molecule has 0 spiro atoms. The first kappa shape index (κ1) is 11.5. The average Bonchev–Trinajstić information content (AvgIpc) is 2.18. The monoisotopic (exact) mass is 208 g/mol. The molecule has 1 aromatic carbocycles. The number of hydrogen-bond acceptors (Lipinski definition) is 2. The molecule has 1 atom stereocenters. The van der Waals surface area contributed by atoms with Gasteiger partial charge in [-0.15, -0.1) is 0 Å². The second-order valence-corrected chi connectivity index (χ2v) is 3.25. The van der Waals surface area contributed by atoms with Crippen LogP contribution in [-0.4, -0.2) is 17.7 Å². The molecular formula is C11H16N2O2. The molecule has 0 aromatic heterocycles. The summed E-state index contributed by atoms with van der Waals surface area (Å²) in [4.78, 5) is 11.3. The molecule has 3 N–H and O–H groups in total. The summed E-state index contributed by atoms with van der Waals surface area (Å²) in [5, 5.41) is 14.8. The second kappa shape index (κ2) is 5.36. The minimum Gasteiger partial charge on any atom is -0.389 e. The van der Waals surface area contributed by atoms with Crippen molar-refractivity contribution in [2.45, 2.75) is 20.0 Å². The van der Waals surface area contributed by atoms with Gasteiger partial charge in [-0.25, -0.2) is 4.79 Å². The zero-order valence-electron chi connectivity index (χ0n) is 8.95. The van der Waals surface area contributed by atoms with Crippen LogP contribution in [0.25, 0.3) is 0 Å². The number of nitrogens with one attached hydrogen (secondary N) is 2. The number of rotatable bonds is 3. The Bertz CT molecular complexity index is 337. The van der Waals surface area contributed by atoms with E-state index in [0.29, 0.717) is 17.8 Å². The molecule has 1 rings (SSSR count). The van der Waals surface area contributed by atoms with Crippen LogP contribution in [0.2, 0.25) is 0 Å². The van der Waals surface area contributed by atoms with Crippen molar-refractivity contribution in [2.24, 2.45) is 0 Å². The summed E-state index contributed by atoms with van der Waals surface area (Å²) >= 11 is 0. The van der Waals surface area contributed by atoms with Crippen molar-refractivity contribution in [1.82, 2.24) is 5.32 Å². The van der Waals surface area contributed by atoms with Crippen LogP contribution in [0.3, 0.4) is 0 Å². The van der Waals surface area contributed by atoms with Crippen molar-refractivity contribution < 1.29 is 9.90 Å². The maximum atomic E-state index is 11.3. The third kappa shape index (κ3) is 3.25. The fourth-order valence-electron chi connectivity index (χ4n) is 1.30. The fourth-order valence-corrected chi connectivity index (χ4v) is 1.30. The minimum absolute atomic E-state index is 0.259. The smallest absolute Gasteiger partial charge is 0.319 e. The number of benzene rings is 1. The molecule has 0 saturated heterocycles. The molecule has 0 aliphatic rings. The lowest BCUT2D eigenvalue weighted by Crippen LogP contribution is -2.28. The highest BCUT2D eigenvalue weighted by atomic mass is 16.3. The average molecular weight is 208 g/mol. The molecule has 1 aromatic rings. The predicted molar refractivity (Wildman–Crippen MR) is 59.8 cm³/mol. The zero-order valence-corrected chi connectivity index (χ0v) is 8.95. The number of anilines is 1. The molecule has 4 nitrogen and oxygen atoms in total. The van der Waals surface area contributed by atoms with E-state index in [2.05, 4.69) is 10.6 Å². The highest BCUT2D eigenvalue weighted by Gasteiger charge is 2.08. The van der Waals surface area contributed by atoms with E-state index in [0.717, 1.165) is 0 Å². The van der Waals surface area contributed by atoms with Gasteiger partial charge in [-0.1, -0.05) is 18.2 Å². The Hall–Kier alpha value is -1.55. The van der Waals surface area contributed by atoms with Crippen molar-refractivity contribution in [3.8, 4) is 0 Å². The van der Waals surface area contributed by atoms with Gasteiger partial charge in [-0.2, -0.15) is 0 Å². The summed E-state index contributed by atoms with van der Waals surface area (Å²) in [5.41, 5.74) is 1.35. The van der Waals surface area contributed by atoms with Crippen molar-refractivity contribution in [2.75, 3.05) is 11.9 Å². The highest BCUT2D eigenvalue weighted by Crippen LogP contribution is 2.21. The van der Waals surface area contributed by atoms with E-state index in [9.17, 15) is 9.90 Å². The van der Waals surface area contributed by atoms with Crippen LogP contribution >= 0.6 is 0 Å². The number of hydrogen-bond donors (Lipinski definition) is 3. The first-order valence-corrected chi connectivity index (χ1v) is 4.97. The Morgan fingerprint density at radius 2 is 2.13 bits per heavy atom. The van der Waals surface area contributed by atoms with E-state index in [1.165, 1.54) is 0 Å². The van der Waals surface area contributed by atoms with Gasteiger partial charge in [-0.3, -0.25) is 0 Å². The Kier molecular flexibility index (Phi) is 4.12. The standard InChI is InChI=1S/C11H16N2O2/c1-3-12-11(15)13-10-7-5-4-6-9(10)8(2)14/h4-8,14H,3H2,1-2H3,(H2,12,13,15). The number of carbonyl (C=O) groups excluding carboxylic acids is 1. The van der Waals surface area contributed by atoms with Gasteiger partial charge in [0.15, 0.2) is 0 Å². The number of carbonyl (C=O) groups is 1. The third-order valence-corrected chi connectivity index (χ3v) is 2.00. The Balaban J connectivity index is 2.80. The molecule has 1 unspecified atom stereocenters. The van der Waals surface area contributed by atoms with E-state index in [-0.39, 0.29) is 6.03 Å². The van der Waals surface area contributed by atoms with Crippen LogP contribution in [0.15, 0.2) is 24.3 Å². The van der Waals surface area contributed by atoms with E-state index in [1.54, 1.807) is 19.1 Å². The minimum atomic E-state index is -0.594. The van der Waals surface area contributed by atoms with Crippen LogP contribution in [0.5, 0.6) is 0 Å². The van der Waals surface area contributed by atoms with Crippen LogP contribution in [-0.2, 0) is 0 Å². The van der Waals surface area contributed by atoms with Gasteiger partial charge < -0.3 is 15.7 Å². The first-order valence-electron chi connectivity index (χ1n) is 4.97. The van der Waals surface area contributed by atoms with Crippen LogP contribution < -0.4 is 10.6 Å². The Morgan fingerprint density at radius 1 is 1.47 bits per heavy atom. The lowest BCUT2D eigenvalue weighted by molar-refractivity contribution is 0.200. The molecule has 0 saturated carbocycles. The van der Waals surface area contributed by atoms with Gasteiger partial charge >= 0.3 is 6.03 Å². The van der Waals surface area contributed by atoms with Gasteiger partial charge in [0.05, 0.1) is 6.10 Å². The lowest BCUT2D eigenvalue weighted by atomic mass is 10.1. The first-order chi connectivity index (χ1) is 7.15. The van der Waals surface area contributed by atoms with Crippen LogP contribution in [0.4, 0.5) is 10.5 Å². The Morgan fingerprint density at radius 3 is 2.73 bits per heavy atom. The van der Waals surface area contributed by atoms with Crippen molar-refractivity contribution in [3.63, 3.8) is 0 Å². The number of urea groups is 1. The normalized spacial score (nSPS) is 11.9. The summed E-state index contributed by atoms with van der Waals surface area (Å²) in [7, 11) is 0. The van der Waals surface area contributed by atoms with E-state index < -0.39 is 6.10 Å². The number of amides is 2. The van der Waals surface area contributed by atoms with Crippen LogP contribution in [0.1, 0.15) is 25.5 Å². The lowest BCUT2D eigenvalue weighted by Gasteiger charge is -2.12. The van der Waals surface area contributed by atoms with Crippen molar-refractivity contribution >= 4 is 11.7 Å². The summed E-state index contributed by atoms with van der Waals surface area (Å²) in [6, 6.07) is 6.92. The molecule has 0 bridgehead atoms.